The zero-order valence-corrected chi connectivity index (χ0v) is 8.60. The van der Waals surface area contributed by atoms with Crippen LogP contribution in [0.5, 0.6) is 0 Å². The van der Waals surface area contributed by atoms with Gasteiger partial charge >= 0.3 is 5.97 Å². The van der Waals surface area contributed by atoms with Gasteiger partial charge in [0.25, 0.3) is 0 Å². The third kappa shape index (κ3) is 1.55. The number of hydrogen-bond donors (Lipinski definition) is 1. The van der Waals surface area contributed by atoms with E-state index in [4.69, 9.17) is 4.74 Å². The van der Waals surface area contributed by atoms with Crippen LogP contribution in [0.2, 0.25) is 0 Å². The maximum Gasteiger partial charge on any atom is 0.337 e. The molecule has 1 heterocycles. The van der Waals surface area contributed by atoms with Crippen LogP contribution in [0.4, 0.5) is 0 Å². The molecule has 0 amide bonds. The molecule has 1 unspecified atom stereocenters. The molecule has 2 aliphatic rings. The van der Waals surface area contributed by atoms with Gasteiger partial charge in [-0.3, -0.25) is 0 Å². The Morgan fingerprint density at radius 2 is 2.47 bits per heavy atom. The van der Waals surface area contributed by atoms with E-state index in [1.54, 1.807) is 0 Å². The van der Waals surface area contributed by atoms with Crippen LogP contribution in [0.1, 0.15) is 12.8 Å². The number of fused-ring (bicyclic) bond motifs is 1. The van der Waals surface area contributed by atoms with Crippen molar-refractivity contribution in [1.82, 2.24) is 0 Å². The summed E-state index contributed by atoms with van der Waals surface area (Å²) < 4.78 is 9.70. The van der Waals surface area contributed by atoms with Crippen molar-refractivity contribution in [2.75, 3.05) is 7.11 Å². The number of aliphatic hydroxyl groups excluding tert-OH is 1. The van der Waals surface area contributed by atoms with Gasteiger partial charge in [0.2, 0.25) is 6.29 Å². The predicted octanol–water partition coefficient (Wildman–Crippen LogP) is 0.974. The molecule has 0 bridgehead atoms. The average Bonchev–Trinajstić information content (AvgIpc) is 2.61. The van der Waals surface area contributed by atoms with Crippen LogP contribution in [0.15, 0.2) is 24.0 Å². The molecule has 0 aromatic carbocycles. The van der Waals surface area contributed by atoms with Crippen LogP contribution >= 0.6 is 0 Å². The summed E-state index contributed by atoms with van der Waals surface area (Å²) in [5.74, 6) is -0.551. The Kier molecular flexibility index (Phi) is 2.52. The van der Waals surface area contributed by atoms with E-state index >= 15 is 0 Å². The summed E-state index contributed by atoms with van der Waals surface area (Å²) in [6.45, 7) is 3.89. The SMILES string of the molecule is C=C1CC[C@@H]2C(C(=O)OC)=COC(O)[C@H]12. The fourth-order valence-electron chi connectivity index (χ4n) is 2.35. The molecular formula is C11H14O4. The van der Waals surface area contributed by atoms with E-state index in [0.717, 1.165) is 18.4 Å². The molecule has 4 heteroatoms. The van der Waals surface area contributed by atoms with Gasteiger partial charge in [-0.2, -0.15) is 0 Å². The Labute approximate surface area is 88.2 Å². The summed E-state index contributed by atoms with van der Waals surface area (Å²) in [6, 6.07) is 0. The van der Waals surface area contributed by atoms with Gasteiger partial charge in [0.05, 0.1) is 18.9 Å². The Morgan fingerprint density at radius 3 is 3.13 bits per heavy atom. The number of carbonyl (C=O) groups is 1. The zero-order valence-electron chi connectivity index (χ0n) is 8.60. The largest absolute Gasteiger partial charge is 0.472 e. The van der Waals surface area contributed by atoms with Gasteiger partial charge in [-0.25, -0.2) is 4.79 Å². The van der Waals surface area contributed by atoms with Gasteiger partial charge in [0.15, 0.2) is 0 Å². The third-order valence-electron chi connectivity index (χ3n) is 3.14. The molecule has 0 aromatic heterocycles. The van der Waals surface area contributed by atoms with Crippen molar-refractivity contribution in [3.05, 3.63) is 24.0 Å². The molecule has 0 spiro atoms. The second kappa shape index (κ2) is 3.70. The minimum absolute atomic E-state index is 0.00583. The van der Waals surface area contributed by atoms with Crippen LogP contribution in [0.25, 0.3) is 0 Å². The van der Waals surface area contributed by atoms with Crippen LogP contribution < -0.4 is 0 Å². The van der Waals surface area contributed by atoms with E-state index in [1.807, 2.05) is 0 Å². The van der Waals surface area contributed by atoms with Crippen molar-refractivity contribution in [2.24, 2.45) is 11.8 Å². The van der Waals surface area contributed by atoms with Gasteiger partial charge in [-0.1, -0.05) is 12.2 Å². The lowest BCUT2D eigenvalue weighted by molar-refractivity contribution is -0.141. The Bertz CT molecular complexity index is 331. The molecule has 82 valence electrons. The molecule has 15 heavy (non-hydrogen) atoms. The van der Waals surface area contributed by atoms with E-state index < -0.39 is 6.29 Å². The Morgan fingerprint density at radius 1 is 1.73 bits per heavy atom. The Hall–Kier alpha value is -1.29. The monoisotopic (exact) mass is 210 g/mol. The maximum atomic E-state index is 11.4. The van der Waals surface area contributed by atoms with Gasteiger partial charge in [-0.15, -0.1) is 0 Å². The van der Waals surface area contributed by atoms with Crippen LogP contribution in [0, 0.1) is 11.8 Å². The van der Waals surface area contributed by atoms with E-state index in [1.165, 1.54) is 13.4 Å². The van der Waals surface area contributed by atoms with Gasteiger partial charge in [0.1, 0.15) is 0 Å². The van der Waals surface area contributed by atoms with Gasteiger partial charge in [-0.05, 0) is 12.8 Å². The van der Waals surface area contributed by atoms with E-state index in [0.29, 0.717) is 5.57 Å². The second-order valence-electron chi connectivity index (χ2n) is 3.92. The van der Waals surface area contributed by atoms with E-state index in [9.17, 15) is 9.90 Å². The molecule has 0 saturated heterocycles. The fourth-order valence-corrected chi connectivity index (χ4v) is 2.35. The minimum Gasteiger partial charge on any atom is -0.472 e. The third-order valence-corrected chi connectivity index (χ3v) is 3.14. The predicted molar refractivity (Wildman–Crippen MR) is 52.5 cm³/mol. The normalized spacial score (nSPS) is 34.1. The first kappa shape index (κ1) is 10.2. The molecule has 3 atom stereocenters. The number of methoxy groups -OCH3 is 1. The highest BCUT2D eigenvalue weighted by molar-refractivity contribution is 5.89. The highest BCUT2D eigenvalue weighted by atomic mass is 16.6. The average molecular weight is 210 g/mol. The lowest BCUT2D eigenvalue weighted by Gasteiger charge is -2.30. The number of esters is 1. The summed E-state index contributed by atoms with van der Waals surface area (Å²) >= 11 is 0. The molecule has 1 aliphatic heterocycles. The van der Waals surface area contributed by atoms with Gasteiger partial charge in [0, 0.05) is 11.8 Å². The lowest BCUT2D eigenvalue weighted by Crippen LogP contribution is -2.33. The van der Waals surface area contributed by atoms with Crippen LogP contribution in [0.3, 0.4) is 0 Å². The Balaban J connectivity index is 2.28. The first-order valence-electron chi connectivity index (χ1n) is 4.94. The van der Waals surface area contributed by atoms with E-state index in [-0.39, 0.29) is 17.8 Å². The number of ether oxygens (including phenoxy) is 2. The summed E-state index contributed by atoms with van der Waals surface area (Å²) in [5, 5.41) is 9.64. The standard InChI is InChI=1S/C11H14O4/c1-6-3-4-7-8(10(12)14-2)5-15-11(13)9(6)7/h5,7,9,11,13H,1,3-4H2,2H3/t7-,9-,11?/m1/s1. The summed E-state index contributed by atoms with van der Waals surface area (Å²) in [6.07, 6.45) is 2.09. The topological polar surface area (TPSA) is 55.8 Å². The summed E-state index contributed by atoms with van der Waals surface area (Å²) in [7, 11) is 1.34. The van der Waals surface area contributed by atoms with Crippen molar-refractivity contribution < 1.29 is 19.4 Å². The molecule has 2 rings (SSSR count). The quantitative estimate of drug-likeness (QED) is 0.517. The maximum absolute atomic E-state index is 11.4. The smallest absolute Gasteiger partial charge is 0.337 e. The number of rotatable bonds is 1. The first-order chi connectivity index (χ1) is 7.15. The van der Waals surface area contributed by atoms with E-state index in [2.05, 4.69) is 11.3 Å². The van der Waals surface area contributed by atoms with Gasteiger partial charge < -0.3 is 14.6 Å². The number of aliphatic hydroxyl groups is 1. The lowest BCUT2D eigenvalue weighted by atomic mass is 9.86. The summed E-state index contributed by atoms with van der Waals surface area (Å²) in [5.41, 5.74) is 1.45. The van der Waals surface area contributed by atoms with Crippen LogP contribution in [-0.2, 0) is 14.3 Å². The molecule has 1 aliphatic carbocycles. The molecule has 1 saturated carbocycles. The molecule has 1 N–H and O–H groups in total. The second-order valence-corrected chi connectivity index (χ2v) is 3.92. The highest BCUT2D eigenvalue weighted by Crippen LogP contribution is 2.44. The summed E-state index contributed by atoms with van der Waals surface area (Å²) in [4.78, 5) is 11.4. The molecule has 1 fully saturated rings. The fraction of sp³-hybridized carbons (Fsp3) is 0.545. The van der Waals surface area contributed by atoms with Crippen LogP contribution in [-0.4, -0.2) is 24.5 Å². The molecular weight excluding hydrogens is 196 g/mol. The van der Waals surface area contributed by atoms with Crippen molar-refractivity contribution in [3.8, 4) is 0 Å². The van der Waals surface area contributed by atoms with Crippen molar-refractivity contribution in [1.29, 1.82) is 0 Å². The zero-order chi connectivity index (χ0) is 11.0. The molecule has 0 radical (unpaired) electrons. The van der Waals surface area contributed by atoms with Crippen molar-refractivity contribution >= 4 is 5.97 Å². The number of carbonyl (C=O) groups excluding carboxylic acids is 1. The van der Waals surface area contributed by atoms with Crippen molar-refractivity contribution in [2.45, 2.75) is 19.1 Å². The number of hydrogen-bond acceptors (Lipinski definition) is 4. The minimum atomic E-state index is -0.876. The first-order valence-corrected chi connectivity index (χ1v) is 4.94. The van der Waals surface area contributed by atoms with Crippen molar-refractivity contribution in [3.63, 3.8) is 0 Å². The molecule has 0 aromatic rings. The molecule has 4 nitrogen and oxygen atoms in total. The highest BCUT2D eigenvalue weighted by Gasteiger charge is 2.43.